The number of aryl methyl sites for hydroxylation is 1. The summed E-state index contributed by atoms with van der Waals surface area (Å²) in [5.74, 6) is 0.556. The Morgan fingerprint density at radius 2 is 2.14 bits per heavy atom. The molecule has 112 valence electrons. The van der Waals surface area contributed by atoms with Gasteiger partial charge in [0, 0.05) is 16.2 Å². The summed E-state index contributed by atoms with van der Waals surface area (Å²) in [5.41, 5.74) is 9.28. The molecule has 1 aromatic heterocycles. The summed E-state index contributed by atoms with van der Waals surface area (Å²) in [6.07, 6.45) is 2.83. The fraction of sp³-hybridized carbons (Fsp3) is 0.312. The number of nitrogens with two attached hydrogens (primary N) is 1. The van der Waals surface area contributed by atoms with Crippen molar-refractivity contribution in [3.8, 4) is 0 Å². The molecule has 0 saturated carbocycles. The number of hydrogen-bond acceptors (Lipinski definition) is 3. The second kappa shape index (κ2) is 7.25. The third kappa shape index (κ3) is 3.96. The minimum absolute atomic E-state index is 0.00548. The first-order chi connectivity index (χ1) is 10.0. The molecule has 0 bridgehead atoms. The predicted molar refractivity (Wildman–Crippen MR) is 92.7 cm³/mol. The third-order valence-corrected chi connectivity index (χ3v) is 4.49. The number of nitrogens with one attached hydrogen (secondary N) is 1. The van der Waals surface area contributed by atoms with E-state index in [1.165, 1.54) is 0 Å². The Bertz CT molecular complexity index is 631. The SMILES string of the molecule is CCCNC(c1ccc(Cl)c(Br)c1)c1cc(C)cnc1N. The van der Waals surface area contributed by atoms with Crippen LogP contribution >= 0.6 is 27.5 Å². The van der Waals surface area contributed by atoms with Crippen LogP contribution in [0.3, 0.4) is 0 Å². The van der Waals surface area contributed by atoms with Gasteiger partial charge in [0.05, 0.1) is 11.1 Å². The lowest BCUT2D eigenvalue weighted by Crippen LogP contribution is -2.24. The molecular weight excluding hydrogens is 350 g/mol. The van der Waals surface area contributed by atoms with E-state index >= 15 is 0 Å². The van der Waals surface area contributed by atoms with E-state index < -0.39 is 0 Å². The van der Waals surface area contributed by atoms with Gasteiger partial charge >= 0.3 is 0 Å². The lowest BCUT2D eigenvalue weighted by atomic mass is 9.98. The first kappa shape index (κ1) is 16.3. The second-order valence-electron chi connectivity index (χ2n) is 5.05. The van der Waals surface area contributed by atoms with Crippen LogP contribution in [0, 0.1) is 6.92 Å². The number of halogens is 2. The van der Waals surface area contributed by atoms with E-state index in [-0.39, 0.29) is 6.04 Å². The topological polar surface area (TPSA) is 50.9 Å². The number of nitrogen functional groups attached to an aromatic ring is 1. The van der Waals surface area contributed by atoms with Crippen LogP contribution in [-0.2, 0) is 0 Å². The van der Waals surface area contributed by atoms with Gasteiger partial charge in [0.25, 0.3) is 0 Å². The first-order valence-electron chi connectivity index (χ1n) is 6.93. The summed E-state index contributed by atoms with van der Waals surface area (Å²) in [7, 11) is 0. The Morgan fingerprint density at radius 3 is 2.81 bits per heavy atom. The molecule has 5 heteroatoms. The van der Waals surface area contributed by atoms with E-state index in [4.69, 9.17) is 17.3 Å². The highest BCUT2D eigenvalue weighted by Gasteiger charge is 2.18. The third-order valence-electron chi connectivity index (χ3n) is 3.27. The smallest absolute Gasteiger partial charge is 0.128 e. The van der Waals surface area contributed by atoms with E-state index in [0.717, 1.165) is 34.1 Å². The molecule has 1 heterocycles. The van der Waals surface area contributed by atoms with Crippen LogP contribution < -0.4 is 11.1 Å². The maximum Gasteiger partial charge on any atom is 0.128 e. The molecule has 1 atom stereocenters. The van der Waals surface area contributed by atoms with Crippen molar-refractivity contribution >= 4 is 33.3 Å². The Morgan fingerprint density at radius 1 is 1.38 bits per heavy atom. The monoisotopic (exact) mass is 367 g/mol. The van der Waals surface area contributed by atoms with Crippen molar-refractivity contribution in [2.24, 2.45) is 0 Å². The molecule has 2 aromatic rings. The number of aromatic nitrogens is 1. The Hall–Kier alpha value is -1.10. The van der Waals surface area contributed by atoms with Crippen LogP contribution in [0.4, 0.5) is 5.82 Å². The number of hydrogen-bond donors (Lipinski definition) is 2. The molecule has 0 spiro atoms. The highest BCUT2D eigenvalue weighted by molar-refractivity contribution is 9.10. The Kier molecular flexibility index (Phi) is 5.62. The van der Waals surface area contributed by atoms with Crippen LogP contribution in [0.2, 0.25) is 5.02 Å². The molecule has 0 amide bonds. The van der Waals surface area contributed by atoms with Gasteiger partial charge in [0.2, 0.25) is 0 Å². The van der Waals surface area contributed by atoms with Crippen LogP contribution in [0.25, 0.3) is 0 Å². The van der Waals surface area contributed by atoms with Crippen molar-refractivity contribution in [3.05, 3.63) is 56.6 Å². The Balaban J connectivity index is 2.46. The zero-order chi connectivity index (χ0) is 15.4. The fourth-order valence-corrected chi connectivity index (χ4v) is 2.74. The van der Waals surface area contributed by atoms with Gasteiger partial charge in [-0.1, -0.05) is 24.6 Å². The van der Waals surface area contributed by atoms with Gasteiger partial charge in [-0.3, -0.25) is 0 Å². The van der Waals surface area contributed by atoms with E-state index in [9.17, 15) is 0 Å². The highest BCUT2D eigenvalue weighted by atomic mass is 79.9. The Labute approximate surface area is 139 Å². The molecule has 0 fully saturated rings. The van der Waals surface area contributed by atoms with Crippen molar-refractivity contribution in [2.75, 3.05) is 12.3 Å². The summed E-state index contributed by atoms with van der Waals surface area (Å²) in [6.45, 7) is 5.06. The quantitative estimate of drug-likeness (QED) is 0.818. The molecule has 1 unspecified atom stereocenters. The average molecular weight is 369 g/mol. The highest BCUT2D eigenvalue weighted by Crippen LogP contribution is 2.31. The van der Waals surface area contributed by atoms with Gasteiger partial charge in [-0.15, -0.1) is 0 Å². The van der Waals surface area contributed by atoms with Gasteiger partial charge in [-0.25, -0.2) is 4.98 Å². The number of pyridine rings is 1. The van der Waals surface area contributed by atoms with E-state index in [0.29, 0.717) is 10.8 Å². The predicted octanol–water partition coefficient (Wildman–Crippen LogP) is 4.48. The standard InChI is InChI=1S/C16H19BrClN3/c1-3-6-20-15(11-4-5-14(18)13(17)8-11)12-7-10(2)9-21-16(12)19/h4-5,7-9,15,20H,3,6H2,1-2H3,(H2,19,21). The number of nitrogens with zero attached hydrogens (tertiary/aromatic N) is 1. The van der Waals surface area contributed by atoms with Crippen molar-refractivity contribution in [1.29, 1.82) is 0 Å². The zero-order valence-corrected chi connectivity index (χ0v) is 14.5. The zero-order valence-electron chi connectivity index (χ0n) is 12.2. The molecule has 3 nitrogen and oxygen atoms in total. The molecular formula is C16H19BrClN3. The van der Waals surface area contributed by atoms with Crippen LogP contribution in [0.1, 0.15) is 36.1 Å². The first-order valence-corrected chi connectivity index (χ1v) is 8.10. The molecule has 21 heavy (non-hydrogen) atoms. The number of anilines is 1. The molecule has 3 N–H and O–H groups in total. The molecule has 0 saturated heterocycles. The van der Waals surface area contributed by atoms with Crippen LogP contribution in [0.5, 0.6) is 0 Å². The minimum Gasteiger partial charge on any atom is -0.383 e. The molecule has 1 aromatic carbocycles. The number of benzene rings is 1. The van der Waals surface area contributed by atoms with Gasteiger partial charge < -0.3 is 11.1 Å². The maximum atomic E-state index is 6.09. The van der Waals surface area contributed by atoms with Crippen molar-refractivity contribution in [2.45, 2.75) is 26.3 Å². The van der Waals surface area contributed by atoms with E-state index in [1.54, 1.807) is 6.20 Å². The number of rotatable bonds is 5. The summed E-state index contributed by atoms with van der Waals surface area (Å²) in [4.78, 5) is 4.27. The van der Waals surface area contributed by atoms with Gasteiger partial charge in [-0.05, 0) is 65.1 Å². The van der Waals surface area contributed by atoms with E-state index in [1.807, 2.05) is 25.1 Å². The second-order valence-corrected chi connectivity index (χ2v) is 6.31. The summed E-state index contributed by atoms with van der Waals surface area (Å²) in [5, 5.41) is 4.23. The van der Waals surface area contributed by atoms with Crippen molar-refractivity contribution in [1.82, 2.24) is 10.3 Å². The molecule has 0 aliphatic rings. The minimum atomic E-state index is 0.00548. The molecule has 2 rings (SSSR count). The van der Waals surface area contributed by atoms with Crippen LogP contribution in [0.15, 0.2) is 34.9 Å². The van der Waals surface area contributed by atoms with Crippen LogP contribution in [-0.4, -0.2) is 11.5 Å². The lowest BCUT2D eigenvalue weighted by molar-refractivity contribution is 0.598. The summed E-state index contributed by atoms with van der Waals surface area (Å²) in [6, 6.07) is 8.02. The van der Waals surface area contributed by atoms with Gasteiger partial charge in [0.15, 0.2) is 0 Å². The largest absolute Gasteiger partial charge is 0.383 e. The summed E-state index contributed by atoms with van der Waals surface area (Å²) < 4.78 is 0.879. The van der Waals surface area contributed by atoms with Gasteiger partial charge in [-0.2, -0.15) is 0 Å². The van der Waals surface area contributed by atoms with Gasteiger partial charge in [0.1, 0.15) is 5.82 Å². The lowest BCUT2D eigenvalue weighted by Gasteiger charge is -2.21. The molecule has 0 aliphatic carbocycles. The molecule has 0 aliphatic heterocycles. The van der Waals surface area contributed by atoms with E-state index in [2.05, 4.69) is 39.2 Å². The summed E-state index contributed by atoms with van der Waals surface area (Å²) >= 11 is 9.57. The average Bonchev–Trinajstić information content (AvgIpc) is 2.46. The van der Waals surface area contributed by atoms with Crippen molar-refractivity contribution < 1.29 is 0 Å². The maximum absolute atomic E-state index is 6.09. The fourth-order valence-electron chi connectivity index (χ4n) is 2.22. The normalized spacial score (nSPS) is 12.4. The van der Waals surface area contributed by atoms with Crippen molar-refractivity contribution in [3.63, 3.8) is 0 Å². The molecule has 0 radical (unpaired) electrons.